The van der Waals surface area contributed by atoms with E-state index in [2.05, 4.69) is 9.97 Å². The Morgan fingerprint density at radius 3 is 2.67 bits per heavy atom. The lowest BCUT2D eigenvalue weighted by molar-refractivity contribution is 0.443. The van der Waals surface area contributed by atoms with Crippen LogP contribution in [-0.2, 0) is 0 Å². The van der Waals surface area contributed by atoms with E-state index in [0.717, 1.165) is 16.9 Å². The number of halogens is 1. The van der Waals surface area contributed by atoms with Crippen LogP contribution in [0.1, 0.15) is 11.4 Å². The second-order valence-electron chi connectivity index (χ2n) is 4.36. The van der Waals surface area contributed by atoms with E-state index in [4.69, 9.17) is 4.74 Å². The van der Waals surface area contributed by atoms with Crippen LogP contribution in [0.15, 0.2) is 30.5 Å². The number of fused-ring (bicyclic) bond motifs is 1. The van der Waals surface area contributed by atoms with Crippen LogP contribution in [0.4, 0.5) is 4.39 Å². The third-order valence-corrected chi connectivity index (χ3v) is 2.96. The Hall–Kier alpha value is -2.23. The molecule has 0 aliphatic carbocycles. The Kier molecular flexibility index (Phi) is 2.37. The highest BCUT2D eigenvalue weighted by Gasteiger charge is 2.12. The molecule has 18 heavy (non-hydrogen) atoms. The average molecular weight is 244 g/mol. The van der Waals surface area contributed by atoms with Crippen molar-refractivity contribution in [1.29, 1.82) is 0 Å². The molecule has 0 spiro atoms. The highest BCUT2D eigenvalue weighted by Crippen LogP contribution is 2.31. The number of benzene rings is 1. The molecule has 0 amide bonds. The van der Waals surface area contributed by atoms with Crippen molar-refractivity contribution in [1.82, 2.24) is 9.97 Å². The van der Waals surface area contributed by atoms with Crippen molar-refractivity contribution < 1.29 is 9.13 Å². The normalized spacial score (nSPS) is 11.1. The van der Waals surface area contributed by atoms with Crippen molar-refractivity contribution in [3.63, 3.8) is 0 Å². The molecule has 0 radical (unpaired) electrons. The molecule has 2 N–H and O–H groups in total. The molecule has 0 aliphatic rings. The van der Waals surface area contributed by atoms with E-state index in [1.54, 1.807) is 24.4 Å². The van der Waals surface area contributed by atoms with Gasteiger partial charge in [-0.2, -0.15) is 0 Å². The third-order valence-electron chi connectivity index (χ3n) is 2.96. The summed E-state index contributed by atoms with van der Waals surface area (Å²) in [6, 6.07) is 7.02. The third kappa shape index (κ3) is 1.66. The fraction of sp³-hybridized carbons (Fsp3) is 0.143. The maximum atomic E-state index is 14.3. The first-order valence-electron chi connectivity index (χ1n) is 5.75. The first-order valence-corrected chi connectivity index (χ1v) is 5.75. The lowest BCUT2D eigenvalue weighted by Crippen LogP contribution is -1.89. The van der Waals surface area contributed by atoms with Gasteiger partial charge in [0.1, 0.15) is 5.75 Å². The van der Waals surface area contributed by atoms with E-state index >= 15 is 0 Å². The Labute approximate surface area is 104 Å². The molecule has 4 heteroatoms. The van der Waals surface area contributed by atoms with Crippen LogP contribution in [0.5, 0.6) is 11.5 Å². The highest BCUT2D eigenvalue weighted by atomic mass is 19.1. The second-order valence-corrected chi connectivity index (χ2v) is 4.36. The maximum absolute atomic E-state index is 14.3. The summed E-state index contributed by atoms with van der Waals surface area (Å²) in [6.45, 7) is 3.78. The first-order chi connectivity index (χ1) is 8.65. The zero-order chi connectivity index (χ0) is 12.7. The van der Waals surface area contributed by atoms with Gasteiger partial charge in [0.2, 0.25) is 0 Å². The molecule has 0 unspecified atom stereocenters. The summed E-state index contributed by atoms with van der Waals surface area (Å²) in [7, 11) is 0. The van der Waals surface area contributed by atoms with Crippen LogP contribution in [-0.4, -0.2) is 9.97 Å². The Morgan fingerprint density at radius 1 is 1.11 bits per heavy atom. The summed E-state index contributed by atoms with van der Waals surface area (Å²) in [5.74, 6) is 0.544. The molecule has 3 rings (SSSR count). The van der Waals surface area contributed by atoms with Crippen molar-refractivity contribution in [2.45, 2.75) is 13.8 Å². The lowest BCUT2D eigenvalue weighted by atomic mass is 10.2. The fourth-order valence-corrected chi connectivity index (χ4v) is 2.03. The van der Waals surface area contributed by atoms with E-state index < -0.39 is 0 Å². The van der Waals surface area contributed by atoms with Crippen molar-refractivity contribution in [2.75, 3.05) is 0 Å². The molecule has 0 aliphatic heterocycles. The van der Waals surface area contributed by atoms with Crippen molar-refractivity contribution in [3.8, 4) is 11.5 Å². The molecule has 2 heterocycles. The molecule has 0 saturated heterocycles. The second kappa shape index (κ2) is 3.91. The van der Waals surface area contributed by atoms with Gasteiger partial charge in [0.15, 0.2) is 11.6 Å². The predicted molar refractivity (Wildman–Crippen MR) is 68.6 cm³/mol. The van der Waals surface area contributed by atoms with Crippen molar-refractivity contribution in [2.24, 2.45) is 0 Å². The summed E-state index contributed by atoms with van der Waals surface area (Å²) in [6.07, 6.45) is 1.77. The van der Waals surface area contributed by atoms with Gasteiger partial charge in [-0.25, -0.2) is 4.39 Å². The topological polar surface area (TPSA) is 40.8 Å². The smallest absolute Gasteiger partial charge is 0.175 e. The van der Waals surface area contributed by atoms with Gasteiger partial charge in [0.05, 0.1) is 5.69 Å². The number of aryl methyl sites for hydroxylation is 2. The van der Waals surface area contributed by atoms with Gasteiger partial charge < -0.3 is 14.7 Å². The number of rotatable bonds is 2. The molecule has 0 bridgehead atoms. The van der Waals surface area contributed by atoms with Crippen LogP contribution >= 0.6 is 0 Å². The minimum atomic E-state index is -0.336. The summed E-state index contributed by atoms with van der Waals surface area (Å²) in [5, 5.41) is 0.554. The van der Waals surface area contributed by atoms with Gasteiger partial charge in [-0.15, -0.1) is 0 Å². The summed E-state index contributed by atoms with van der Waals surface area (Å²) < 4.78 is 19.8. The summed E-state index contributed by atoms with van der Waals surface area (Å²) in [4.78, 5) is 6.09. The van der Waals surface area contributed by atoms with Crippen LogP contribution in [0.2, 0.25) is 0 Å². The zero-order valence-corrected chi connectivity index (χ0v) is 10.2. The molecular formula is C14H13FN2O. The number of ether oxygens (including phenoxy) is 1. The maximum Gasteiger partial charge on any atom is 0.175 e. The summed E-state index contributed by atoms with van der Waals surface area (Å²) in [5.41, 5.74) is 2.58. The zero-order valence-electron chi connectivity index (χ0n) is 10.2. The molecule has 2 aromatic heterocycles. The van der Waals surface area contributed by atoms with E-state index in [0.29, 0.717) is 11.1 Å². The molecular weight excluding hydrogens is 231 g/mol. The number of aromatic nitrogens is 2. The number of H-pyrrole nitrogens is 2. The molecule has 92 valence electrons. The minimum Gasteiger partial charge on any atom is -0.452 e. The van der Waals surface area contributed by atoms with E-state index in [1.807, 2.05) is 19.9 Å². The monoisotopic (exact) mass is 244 g/mol. The van der Waals surface area contributed by atoms with Crippen LogP contribution in [0.25, 0.3) is 10.9 Å². The van der Waals surface area contributed by atoms with Crippen LogP contribution in [0, 0.1) is 19.7 Å². The summed E-state index contributed by atoms with van der Waals surface area (Å²) >= 11 is 0. The van der Waals surface area contributed by atoms with Crippen molar-refractivity contribution >= 4 is 10.9 Å². The van der Waals surface area contributed by atoms with Crippen molar-refractivity contribution in [3.05, 3.63) is 47.7 Å². The Balaban J connectivity index is 2.07. The number of hydrogen-bond donors (Lipinski definition) is 2. The standard InChI is InChI=1S/C14H13FN2O/c1-8-7-10-11(17-8)3-4-13(14(10)15)18-12-5-6-16-9(12)2/h3-7,16-17H,1-2H3. The highest BCUT2D eigenvalue weighted by molar-refractivity contribution is 5.82. The number of hydrogen-bond acceptors (Lipinski definition) is 1. The van der Waals surface area contributed by atoms with E-state index in [1.165, 1.54) is 0 Å². The van der Waals surface area contributed by atoms with Gasteiger partial charge in [0.25, 0.3) is 0 Å². The molecule has 0 saturated carbocycles. The SMILES string of the molecule is Cc1cc2c(F)c(Oc3cc[nH]c3C)ccc2[nH]1. The van der Waals surface area contributed by atoms with Gasteiger partial charge in [-0.1, -0.05) is 0 Å². The van der Waals surface area contributed by atoms with Gasteiger partial charge in [-0.05, 0) is 38.1 Å². The number of nitrogens with one attached hydrogen (secondary N) is 2. The van der Waals surface area contributed by atoms with Gasteiger partial charge in [-0.3, -0.25) is 0 Å². The Bertz CT molecular complexity index is 712. The Morgan fingerprint density at radius 2 is 1.94 bits per heavy atom. The van der Waals surface area contributed by atoms with Crippen LogP contribution in [0.3, 0.4) is 0 Å². The predicted octanol–water partition coefficient (Wildman–Crippen LogP) is 4.04. The number of aromatic amines is 2. The molecule has 0 atom stereocenters. The van der Waals surface area contributed by atoms with Crippen LogP contribution < -0.4 is 4.74 Å². The van der Waals surface area contributed by atoms with E-state index in [-0.39, 0.29) is 11.6 Å². The van der Waals surface area contributed by atoms with Gasteiger partial charge >= 0.3 is 0 Å². The average Bonchev–Trinajstić information content (AvgIpc) is 2.90. The molecule has 0 fully saturated rings. The molecule has 1 aromatic carbocycles. The largest absolute Gasteiger partial charge is 0.452 e. The van der Waals surface area contributed by atoms with Gasteiger partial charge in [0, 0.05) is 22.8 Å². The lowest BCUT2D eigenvalue weighted by Gasteiger charge is -2.06. The minimum absolute atomic E-state index is 0.240. The fourth-order valence-electron chi connectivity index (χ4n) is 2.03. The molecule has 3 aromatic rings. The quantitative estimate of drug-likeness (QED) is 0.701. The van der Waals surface area contributed by atoms with E-state index in [9.17, 15) is 4.39 Å². The first kappa shape index (κ1) is 10.9. The molecule has 3 nitrogen and oxygen atoms in total.